The van der Waals surface area contributed by atoms with Gasteiger partial charge in [0.1, 0.15) is 11.9 Å². The summed E-state index contributed by atoms with van der Waals surface area (Å²) in [7, 11) is 0. The van der Waals surface area contributed by atoms with E-state index in [4.69, 9.17) is 4.74 Å². The Labute approximate surface area is 113 Å². The monoisotopic (exact) mass is 257 g/mol. The SMILES string of the molecule is CCCOc1ccc(C(O)c2cc(C)ccn2)cc1. The average molecular weight is 257 g/mol. The highest BCUT2D eigenvalue weighted by molar-refractivity contribution is 5.32. The van der Waals surface area contributed by atoms with Crippen molar-refractivity contribution >= 4 is 0 Å². The van der Waals surface area contributed by atoms with E-state index in [1.54, 1.807) is 6.20 Å². The quantitative estimate of drug-likeness (QED) is 0.894. The van der Waals surface area contributed by atoms with E-state index in [2.05, 4.69) is 11.9 Å². The minimum absolute atomic E-state index is 0.669. The normalized spacial score (nSPS) is 12.2. The molecule has 0 radical (unpaired) electrons. The number of hydrogen-bond acceptors (Lipinski definition) is 3. The van der Waals surface area contributed by atoms with E-state index in [0.717, 1.165) is 23.3 Å². The molecular formula is C16H19NO2. The summed E-state index contributed by atoms with van der Waals surface area (Å²) in [5, 5.41) is 10.3. The largest absolute Gasteiger partial charge is 0.494 e. The molecule has 0 saturated heterocycles. The molecular weight excluding hydrogens is 238 g/mol. The number of aliphatic hydroxyl groups is 1. The van der Waals surface area contributed by atoms with Gasteiger partial charge < -0.3 is 9.84 Å². The molecule has 0 spiro atoms. The van der Waals surface area contributed by atoms with Crippen molar-refractivity contribution in [1.29, 1.82) is 0 Å². The molecule has 100 valence electrons. The molecule has 2 rings (SSSR count). The van der Waals surface area contributed by atoms with Crippen molar-refractivity contribution in [2.75, 3.05) is 6.61 Å². The minimum atomic E-state index is -0.694. The molecule has 1 unspecified atom stereocenters. The van der Waals surface area contributed by atoms with Crippen molar-refractivity contribution in [2.45, 2.75) is 26.4 Å². The third-order valence-electron chi connectivity index (χ3n) is 2.89. The van der Waals surface area contributed by atoms with Gasteiger partial charge in [-0.25, -0.2) is 0 Å². The number of hydrogen-bond donors (Lipinski definition) is 1. The minimum Gasteiger partial charge on any atom is -0.494 e. The van der Waals surface area contributed by atoms with Gasteiger partial charge in [-0.05, 0) is 48.7 Å². The predicted molar refractivity (Wildman–Crippen MR) is 75.3 cm³/mol. The van der Waals surface area contributed by atoms with Crippen molar-refractivity contribution in [3.05, 3.63) is 59.4 Å². The highest BCUT2D eigenvalue weighted by atomic mass is 16.5. The van der Waals surface area contributed by atoms with Crippen molar-refractivity contribution in [1.82, 2.24) is 4.98 Å². The van der Waals surface area contributed by atoms with E-state index < -0.39 is 6.10 Å². The molecule has 0 aliphatic rings. The van der Waals surface area contributed by atoms with Crippen LogP contribution in [0.25, 0.3) is 0 Å². The predicted octanol–water partition coefficient (Wildman–Crippen LogP) is 3.26. The van der Waals surface area contributed by atoms with Gasteiger partial charge in [0.05, 0.1) is 12.3 Å². The Bertz CT molecular complexity index is 523. The van der Waals surface area contributed by atoms with E-state index in [1.165, 1.54) is 0 Å². The number of aliphatic hydroxyl groups excluding tert-OH is 1. The van der Waals surface area contributed by atoms with Crippen LogP contribution in [-0.2, 0) is 0 Å². The Hall–Kier alpha value is -1.87. The van der Waals surface area contributed by atoms with Crippen LogP contribution >= 0.6 is 0 Å². The lowest BCUT2D eigenvalue weighted by Crippen LogP contribution is -2.03. The molecule has 0 saturated carbocycles. The molecule has 0 bridgehead atoms. The number of pyridine rings is 1. The summed E-state index contributed by atoms with van der Waals surface area (Å²) in [6, 6.07) is 11.3. The Morgan fingerprint density at radius 3 is 2.58 bits per heavy atom. The van der Waals surface area contributed by atoms with Gasteiger partial charge in [-0.3, -0.25) is 4.98 Å². The maximum atomic E-state index is 10.3. The molecule has 1 atom stereocenters. The molecule has 1 aromatic carbocycles. The maximum Gasteiger partial charge on any atom is 0.121 e. The molecule has 2 aromatic rings. The van der Waals surface area contributed by atoms with Crippen molar-refractivity contribution < 1.29 is 9.84 Å². The zero-order valence-corrected chi connectivity index (χ0v) is 11.3. The van der Waals surface area contributed by atoms with Gasteiger partial charge in [0.2, 0.25) is 0 Å². The van der Waals surface area contributed by atoms with E-state index in [1.807, 2.05) is 43.3 Å². The Morgan fingerprint density at radius 2 is 1.95 bits per heavy atom. The second-order valence-electron chi connectivity index (χ2n) is 4.58. The first-order valence-electron chi connectivity index (χ1n) is 6.54. The molecule has 0 aliphatic carbocycles. The molecule has 0 amide bonds. The van der Waals surface area contributed by atoms with Crippen LogP contribution in [0.2, 0.25) is 0 Å². The zero-order valence-electron chi connectivity index (χ0n) is 11.3. The number of aromatic nitrogens is 1. The summed E-state index contributed by atoms with van der Waals surface area (Å²) >= 11 is 0. The highest BCUT2D eigenvalue weighted by Gasteiger charge is 2.11. The average Bonchev–Trinajstić information content (AvgIpc) is 2.45. The van der Waals surface area contributed by atoms with Crippen LogP contribution in [0.5, 0.6) is 5.75 Å². The van der Waals surface area contributed by atoms with Crippen LogP contribution in [0.4, 0.5) is 0 Å². The number of rotatable bonds is 5. The molecule has 0 aliphatic heterocycles. The number of ether oxygens (including phenoxy) is 1. The van der Waals surface area contributed by atoms with E-state index in [9.17, 15) is 5.11 Å². The highest BCUT2D eigenvalue weighted by Crippen LogP contribution is 2.23. The van der Waals surface area contributed by atoms with E-state index in [-0.39, 0.29) is 0 Å². The van der Waals surface area contributed by atoms with Gasteiger partial charge in [0.25, 0.3) is 0 Å². The lowest BCUT2D eigenvalue weighted by atomic mass is 10.0. The fourth-order valence-corrected chi connectivity index (χ4v) is 1.85. The van der Waals surface area contributed by atoms with Gasteiger partial charge in [-0.1, -0.05) is 19.1 Å². The van der Waals surface area contributed by atoms with Crippen LogP contribution in [0, 0.1) is 6.92 Å². The smallest absolute Gasteiger partial charge is 0.121 e. The third-order valence-corrected chi connectivity index (χ3v) is 2.89. The fourth-order valence-electron chi connectivity index (χ4n) is 1.85. The number of nitrogens with zero attached hydrogens (tertiary/aromatic N) is 1. The Morgan fingerprint density at radius 1 is 1.21 bits per heavy atom. The van der Waals surface area contributed by atoms with Gasteiger partial charge >= 0.3 is 0 Å². The third kappa shape index (κ3) is 3.55. The van der Waals surface area contributed by atoms with Crippen molar-refractivity contribution in [3.8, 4) is 5.75 Å². The first-order valence-corrected chi connectivity index (χ1v) is 6.54. The molecule has 0 fully saturated rings. The molecule has 3 heteroatoms. The van der Waals surface area contributed by atoms with E-state index >= 15 is 0 Å². The second-order valence-corrected chi connectivity index (χ2v) is 4.58. The lowest BCUT2D eigenvalue weighted by molar-refractivity contribution is 0.215. The summed E-state index contributed by atoms with van der Waals surface area (Å²) < 4.78 is 5.52. The maximum absolute atomic E-state index is 10.3. The first kappa shape index (κ1) is 13.6. The van der Waals surface area contributed by atoms with Gasteiger partial charge in [0, 0.05) is 6.20 Å². The first-order chi connectivity index (χ1) is 9.20. The van der Waals surface area contributed by atoms with Gasteiger partial charge in [0.15, 0.2) is 0 Å². The zero-order chi connectivity index (χ0) is 13.7. The van der Waals surface area contributed by atoms with Crippen LogP contribution < -0.4 is 4.74 Å². The summed E-state index contributed by atoms with van der Waals surface area (Å²) in [6.07, 6.45) is 2.00. The topological polar surface area (TPSA) is 42.4 Å². The van der Waals surface area contributed by atoms with Crippen LogP contribution in [-0.4, -0.2) is 16.7 Å². The van der Waals surface area contributed by atoms with Crippen molar-refractivity contribution in [2.24, 2.45) is 0 Å². The molecule has 3 nitrogen and oxygen atoms in total. The summed E-state index contributed by atoms with van der Waals surface area (Å²) in [6.45, 7) is 4.77. The number of benzene rings is 1. The number of aryl methyl sites for hydroxylation is 1. The van der Waals surface area contributed by atoms with Crippen LogP contribution in [0.15, 0.2) is 42.6 Å². The Kier molecular flexibility index (Phi) is 4.53. The standard InChI is InChI=1S/C16H19NO2/c1-3-10-19-14-6-4-13(5-7-14)16(18)15-11-12(2)8-9-17-15/h4-9,11,16,18H,3,10H2,1-2H3. The second kappa shape index (κ2) is 6.34. The van der Waals surface area contributed by atoms with Crippen LogP contribution in [0.3, 0.4) is 0 Å². The Balaban J connectivity index is 2.13. The molecule has 1 heterocycles. The van der Waals surface area contributed by atoms with Gasteiger partial charge in [-0.15, -0.1) is 0 Å². The van der Waals surface area contributed by atoms with Crippen molar-refractivity contribution in [3.63, 3.8) is 0 Å². The van der Waals surface area contributed by atoms with Crippen LogP contribution in [0.1, 0.15) is 36.3 Å². The summed E-state index contributed by atoms with van der Waals surface area (Å²) in [5.41, 5.74) is 2.58. The molecule has 1 N–H and O–H groups in total. The van der Waals surface area contributed by atoms with Gasteiger partial charge in [-0.2, -0.15) is 0 Å². The lowest BCUT2D eigenvalue weighted by Gasteiger charge is -2.12. The molecule has 19 heavy (non-hydrogen) atoms. The summed E-state index contributed by atoms with van der Waals surface area (Å²) in [5.74, 6) is 0.829. The summed E-state index contributed by atoms with van der Waals surface area (Å²) in [4.78, 5) is 4.21. The fraction of sp³-hybridized carbons (Fsp3) is 0.312. The van der Waals surface area contributed by atoms with E-state index in [0.29, 0.717) is 12.3 Å². The molecule has 1 aromatic heterocycles.